The predicted octanol–water partition coefficient (Wildman–Crippen LogP) is 2.75. The molecule has 0 saturated heterocycles. The Balaban J connectivity index is -0.000000340. The van der Waals surface area contributed by atoms with Gasteiger partial charge in [0.05, 0.1) is 0 Å². The zero-order valence-corrected chi connectivity index (χ0v) is 22.6. The highest BCUT2D eigenvalue weighted by Crippen LogP contribution is 2.15. The maximum Gasteiger partial charge on any atom is 0.528 e. The van der Waals surface area contributed by atoms with Crippen LogP contribution in [-0.2, 0) is 39.8 Å². The molecule has 0 fully saturated rings. The van der Waals surface area contributed by atoms with Crippen LogP contribution in [0.25, 0.3) is 0 Å². The van der Waals surface area contributed by atoms with Crippen LogP contribution in [0.3, 0.4) is 0 Å². The van der Waals surface area contributed by atoms with Gasteiger partial charge in [0.25, 0.3) is 0 Å². The first kappa shape index (κ1) is 32.7. The highest BCUT2D eigenvalue weighted by molar-refractivity contribution is 6.66. The van der Waals surface area contributed by atoms with Gasteiger partial charge in [0, 0.05) is 76.6 Å². The van der Waals surface area contributed by atoms with Gasteiger partial charge in [0.15, 0.2) is 0 Å². The van der Waals surface area contributed by atoms with Crippen molar-refractivity contribution in [2.45, 2.75) is 32.4 Å². The fraction of sp³-hybridized carbons (Fsp3) is 0.875. The third-order valence-corrected chi connectivity index (χ3v) is 11.2. The molecule has 0 rings (SSSR count). The van der Waals surface area contributed by atoms with Crippen LogP contribution < -0.4 is 0 Å². The van der Waals surface area contributed by atoms with Gasteiger partial charge >= 0.3 is 26.4 Å². The van der Waals surface area contributed by atoms with Crippen molar-refractivity contribution in [3.8, 4) is 0 Å². The minimum atomic E-state index is -2.43. The molecule has 0 amide bonds. The number of rotatable bonds is 13. The second kappa shape index (κ2) is 19.0. The summed E-state index contributed by atoms with van der Waals surface area (Å²) in [5.41, 5.74) is 1.58. The largest absolute Gasteiger partial charge is 0.528 e. The van der Waals surface area contributed by atoms with Gasteiger partial charge in [0.1, 0.15) is 0 Å². The molecule has 0 bridgehead atoms. The molecule has 0 spiro atoms. The van der Waals surface area contributed by atoms with Gasteiger partial charge in [-0.25, -0.2) is 0 Å². The summed E-state index contributed by atoms with van der Waals surface area (Å²) in [7, 11) is 7.48. The van der Waals surface area contributed by atoms with E-state index < -0.39 is 26.4 Å². The molecule has 0 aliphatic rings. The molecule has 0 aromatic carbocycles. The van der Waals surface area contributed by atoms with E-state index in [1.807, 2.05) is 6.55 Å². The molecule has 0 saturated carbocycles. The Hall–Kier alpha value is 0.0306. The van der Waals surface area contributed by atoms with Gasteiger partial charge in [-0.1, -0.05) is 19.9 Å². The van der Waals surface area contributed by atoms with Gasteiger partial charge in [0.2, 0.25) is 0 Å². The monoisotopic (exact) mass is 462 g/mol. The molecule has 0 N–H and O–H groups in total. The molecule has 0 aromatic rings. The van der Waals surface area contributed by atoms with E-state index in [1.165, 1.54) is 0 Å². The summed E-state index contributed by atoms with van der Waals surface area (Å²) in [6, 6.07) is 0.910. The highest BCUT2D eigenvalue weighted by atomic mass is 28.4. The molecular weight excluding hydrogens is 420 g/mol. The van der Waals surface area contributed by atoms with E-state index in [9.17, 15) is 0 Å². The smallest absolute Gasteiger partial charge is 0.377 e. The van der Waals surface area contributed by atoms with Gasteiger partial charge in [-0.05, 0) is 12.1 Å². The molecule has 9 nitrogen and oxygen atoms in total. The molecule has 172 valence electrons. The summed E-state index contributed by atoms with van der Waals surface area (Å²) in [4.78, 5) is 0. The van der Waals surface area contributed by atoms with Crippen molar-refractivity contribution in [2.75, 3.05) is 64.0 Å². The minimum absolute atomic E-state index is 0.910. The first-order chi connectivity index (χ1) is 13.2. The predicted molar refractivity (Wildman–Crippen MR) is 116 cm³/mol. The lowest BCUT2D eigenvalue weighted by molar-refractivity contribution is 0.123. The van der Waals surface area contributed by atoms with Gasteiger partial charge < -0.3 is 39.8 Å². The third kappa shape index (κ3) is 13.3. The Morgan fingerprint density at radius 2 is 1.00 bits per heavy atom. The maximum absolute atomic E-state index is 5.23. The van der Waals surface area contributed by atoms with Gasteiger partial charge in [-0.3, -0.25) is 0 Å². The molecule has 0 aliphatic carbocycles. The van der Waals surface area contributed by atoms with E-state index in [1.54, 1.807) is 69.7 Å². The number of unbranched alkanes of at least 4 members (excludes halogenated alkanes) is 1. The normalized spacial score (nSPS) is 11.8. The van der Waals surface area contributed by atoms with Crippen LogP contribution in [0.4, 0.5) is 0 Å². The molecular formula is C16H42O9Si3. The lowest BCUT2D eigenvalue weighted by Gasteiger charge is -2.23. The van der Waals surface area contributed by atoms with Gasteiger partial charge in [-0.15, -0.1) is 0 Å². The van der Waals surface area contributed by atoms with E-state index in [0.29, 0.717) is 0 Å². The fourth-order valence-electron chi connectivity index (χ4n) is 1.70. The molecule has 0 aliphatic heterocycles. The van der Waals surface area contributed by atoms with Crippen molar-refractivity contribution in [1.82, 2.24) is 0 Å². The number of hydrogen-bond donors (Lipinski definition) is 0. The highest BCUT2D eigenvalue weighted by Gasteiger charge is 2.36. The standard InChI is InChI=1S/C7H18O3Si.C5H12O3Si.C4H12O3Si/c1-5-6-7-11(8-2,9-3)10-4;1-5-9(6-2,7-3)8-4;1-5-8(4,6-2)7-3/h5-7H2,1-4H3;5H,1H2,2-4H3;1-4H3. The van der Waals surface area contributed by atoms with E-state index in [-0.39, 0.29) is 0 Å². The fourth-order valence-corrected chi connectivity index (χ4v) is 5.10. The van der Waals surface area contributed by atoms with Crippen LogP contribution in [-0.4, -0.2) is 90.4 Å². The van der Waals surface area contributed by atoms with Crippen molar-refractivity contribution in [2.24, 2.45) is 0 Å². The van der Waals surface area contributed by atoms with Gasteiger partial charge in [-0.2, -0.15) is 0 Å². The van der Waals surface area contributed by atoms with E-state index in [4.69, 9.17) is 39.8 Å². The Bertz CT molecular complexity index is 325. The summed E-state index contributed by atoms with van der Waals surface area (Å²) in [5.74, 6) is 0. The second-order valence-corrected chi connectivity index (χ2v) is 14.2. The van der Waals surface area contributed by atoms with Crippen LogP contribution in [0.2, 0.25) is 12.6 Å². The lowest BCUT2D eigenvalue weighted by Crippen LogP contribution is -2.42. The molecule has 0 unspecified atom stereocenters. The Labute approximate surface area is 175 Å². The van der Waals surface area contributed by atoms with Crippen molar-refractivity contribution < 1.29 is 39.8 Å². The Kier molecular flexibility index (Phi) is 22.2. The topological polar surface area (TPSA) is 83.1 Å². The SMILES string of the molecule is C=C[Si](OC)(OC)OC.CCCC[Si](OC)(OC)OC.CO[Si](C)(OC)OC. The van der Waals surface area contributed by atoms with Crippen LogP contribution in [0.1, 0.15) is 19.8 Å². The zero-order chi connectivity index (χ0) is 22.7. The van der Waals surface area contributed by atoms with Crippen molar-refractivity contribution in [3.05, 3.63) is 12.3 Å². The molecule has 0 aromatic heterocycles. The summed E-state index contributed by atoms with van der Waals surface area (Å²) in [6.07, 6.45) is 2.24. The average Bonchev–Trinajstić information content (AvgIpc) is 2.77. The summed E-state index contributed by atoms with van der Waals surface area (Å²) >= 11 is 0. The van der Waals surface area contributed by atoms with E-state index in [2.05, 4.69) is 13.5 Å². The first-order valence-corrected chi connectivity index (χ1v) is 14.7. The van der Waals surface area contributed by atoms with E-state index >= 15 is 0 Å². The molecule has 0 radical (unpaired) electrons. The molecule has 0 atom stereocenters. The average molecular weight is 463 g/mol. The van der Waals surface area contributed by atoms with Crippen LogP contribution in [0.15, 0.2) is 12.3 Å². The zero-order valence-electron chi connectivity index (χ0n) is 19.6. The first-order valence-electron chi connectivity index (χ1n) is 8.77. The Morgan fingerprint density at radius 3 is 1.11 bits per heavy atom. The van der Waals surface area contributed by atoms with Crippen LogP contribution in [0.5, 0.6) is 0 Å². The van der Waals surface area contributed by atoms with Crippen LogP contribution in [0, 0.1) is 0 Å². The Morgan fingerprint density at radius 1 is 0.643 bits per heavy atom. The summed E-state index contributed by atoms with van der Waals surface area (Å²) in [5, 5.41) is 0. The van der Waals surface area contributed by atoms with E-state index in [0.717, 1.165) is 18.9 Å². The van der Waals surface area contributed by atoms with Crippen molar-refractivity contribution in [1.29, 1.82) is 0 Å². The molecule has 0 heterocycles. The number of hydrogen-bond acceptors (Lipinski definition) is 9. The maximum atomic E-state index is 5.23. The van der Waals surface area contributed by atoms with Crippen molar-refractivity contribution in [3.63, 3.8) is 0 Å². The summed E-state index contributed by atoms with van der Waals surface area (Å²) < 4.78 is 45.4. The summed E-state index contributed by atoms with van der Waals surface area (Å²) in [6.45, 7) is 7.50. The van der Waals surface area contributed by atoms with Crippen molar-refractivity contribution >= 4 is 26.4 Å². The quantitative estimate of drug-likeness (QED) is 0.384. The molecule has 28 heavy (non-hydrogen) atoms. The minimum Gasteiger partial charge on any atom is -0.377 e. The third-order valence-electron chi connectivity index (χ3n) is 3.99. The lowest BCUT2D eigenvalue weighted by atomic mass is 10.4. The second-order valence-electron chi connectivity index (χ2n) is 5.29. The molecule has 12 heteroatoms. The van der Waals surface area contributed by atoms with Crippen LogP contribution >= 0.6 is 0 Å².